The van der Waals surface area contributed by atoms with Crippen LogP contribution in [0.1, 0.15) is 32.4 Å². The Bertz CT molecular complexity index is 423. The Kier molecular flexibility index (Phi) is 7.11. The van der Waals surface area contributed by atoms with Crippen molar-refractivity contribution in [3.05, 3.63) is 11.8 Å². The summed E-state index contributed by atoms with van der Waals surface area (Å²) in [5.74, 6) is 0.648. The molecule has 1 aliphatic rings. The second-order valence-corrected chi connectivity index (χ2v) is 4.69. The Hall–Kier alpha value is -1.53. The molecule has 6 heteroatoms. The molecule has 1 aromatic rings. The molecule has 0 fully saturated rings. The molecule has 0 atom stereocenters. The summed E-state index contributed by atoms with van der Waals surface area (Å²) in [6.45, 7) is 5.12. The van der Waals surface area contributed by atoms with E-state index in [9.17, 15) is 0 Å². The van der Waals surface area contributed by atoms with Crippen LogP contribution in [0, 0.1) is 0 Å². The number of allylic oxidation sites excluding steroid dienone is 1. The Morgan fingerprint density at radius 1 is 1.30 bits per heavy atom. The highest BCUT2D eigenvalue weighted by molar-refractivity contribution is 5.68. The summed E-state index contributed by atoms with van der Waals surface area (Å²) in [7, 11) is 0. The van der Waals surface area contributed by atoms with Crippen LogP contribution >= 0.6 is 0 Å². The molecule has 0 saturated carbocycles. The van der Waals surface area contributed by atoms with Crippen LogP contribution in [-0.4, -0.2) is 46.3 Å². The zero-order valence-electron chi connectivity index (χ0n) is 12.4. The van der Waals surface area contributed by atoms with E-state index in [-0.39, 0.29) is 13.2 Å². The maximum Gasteiger partial charge on any atom is 0.174 e. The lowest BCUT2D eigenvalue weighted by atomic mass is 10.2. The van der Waals surface area contributed by atoms with E-state index in [1.165, 1.54) is 6.42 Å². The molecule has 0 aliphatic carbocycles. The minimum absolute atomic E-state index is 0.0114. The van der Waals surface area contributed by atoms with Crippen molar-refractivity contribution in [3.63, 3.8) is 0 Å². The first-order chi connectivity index (χ1) is 9.69. The largest absolute Gasteiger partial charge is 0.395 e. The van der Waals surface area contributed by atoms with Gasteiger partial charge in [0.05, 0.1) is 24.6 Å². The highest BCUT2D eigenvalue weighted by Crippen LogP contribution is 2.28. The lowest BCUT2D eigenvalue weighted by molar-refractivity contribution is 0.280. The van der Waals surface area contributed by atoms with E-state index in [4.69, 9.17) is 15.9 Å². The maximum absolute atomic E-state index is 9.01. The van der Waals surface area contributed by atoms with Crippen LogP contribution < -0.4 is 10.6 Å². The smallest absolute Gasteiger partial charge is 0.174 e. The topological polar surface area (TPSA) is 87.5 Å². The molecule has 0 unspecified atom stereocenters. The second-order valence-electron chi connectivity index (χ2n) is 4.69. The van der Waals surface area contributed by atoms with E-state index in [0.717, 1.165) is 18.5 Å². The lowest BCUT2D eigenvalue weighted by Crippen LogP contribution is -2.30. The summed E-state index contributed by atoms with van der Waals surface area (Å²) in [6, 6.07) is 0. The zero-order chi connectivity index (χ0) is 15.0. The van der Waals surface area contributed by atoms with E-state index in [2.05, 4.69) is 18.9 Å². The molecule has 2 heterocycles. The van der Waals surface area contributed by atoms with Crippen molar-refractivity contribution in [2.45, 2.75) is 33.1 Å². The molecule has 0 aromatic carbocycles. The number of hydrogen-bond donors (Lipinski definition) is 3. The molecule has 4 N–H and O–H groups in total. The third-order valence-electron chi connectivity index (χ3n) is 2.86. The average Bonchev–Trinajstić information content (AvgIpc) is 2.77. The summed E-state index contributed by atoms with van der Waals surface area (Å²) in [4.78, 5) is 1.80. The molecule has 20 heavy (non-hydrogen) atoms. The van der Waals surface area contributed by atoms with E-state index in [0.29, 0.717) is 24.6 Å². The first-order valence-electron chi connectivity index (χ1n) is 7.19. The third-order valence-corrected chi connectivity index (χ3v) is 2.86. The fraction of sp³-hybridized carbons (Fsp3) is 0.643. The molecule has 0 amide bonds. The van der Waals surface area contributed by atoms with Gasteiger partial charge in [-0.1, -0.05) is 26.3 Å². The number of rotatable bonds is 5. The van der Waals surface area contributed by atoms with Crippen LogP contribution in [0.25, 0.3) is 6.20 Å². The Balaban J connectivity index is 0.000000612. The molecule has 0 radical (unpaired) electrons. The van der Waals surface area contributed by atoms with Crippen molar-refractivity contribution in [2.24, 2.45) is 0 Å². The van der Waals surface area contributed by atoms with Gasteiger partial charge in [0.2, 0.25) is 0 Å². The molecule has 6 nitrogen and oxygen atoms in total. The first kappa shape index (κ1) is 16.5. The average molecular weight is 282 g/mol. The molecule has 114 valence electrons. The van der Waals surface area contributed by atoms with Crippen LogP contribution in [0.5, 0.6) is 0 Å². The number of aliphatic hydroxyl groups excluding tert-OH is 2. The van der Waals surface area contributed by atoms with Crippen LogP contribution in [0.15, 0.2) is 6.08 Å². The summed E-state index contributed by atoms with van der Waals surface area (Å²) in [5, 5.41) is 22.4. The Labute approximate surface area is 120 Å². The molecule has 0 saturated heterocycles. The number of fused-ring (bicyclic) bond motifs is 1. The number of aliphatic hydroxyl groups is 2. The first-order valence-corrected chi connectivity index (χ1v) is 7.19. The quantitative estimate of drug-likeness (QED) is 0.752. The number of nitrogens with two attached hydrogens (primary N) is 1. The predicted octanol–water partition coefficient (Wildman–Crippen LogP) is 1.09. The third kappa shape index (κ3) is 3.98. The number of nitrogens with zero attached hydrogens (tertiary/aromatic N) is 3. The van der Waals surface area contributed by atoms with Gasteiger partial charge in [-0.25, -0.2) is 4.68 Å². The van der Waals surface area contributed by atoms with Crippen LogP contribution in [-0.2, 0) is 6.42 Å². The van der Waals surface area contributed by atoms with Gasteiger partial charge in [-0.15, -0.1) is 5.10 Å². The summed E-state index contributed by atoms with van der Waals surface area (Å²) in [6.07, 6.45) is 7.04. The molecular formula is C14H26N4O2. The van der Waals surface area contributed by atoms with Gasteiger partial charge in [0, 0.05) is 19.3 Å². The molecule has 1 aliphatic heterocycles. The number of anilines is 2. The monoisotopic (exact) mass is 282 g/mol. The standard InChI is InChI=1S/C11H18N4O2.C3H8/c12-10-9-3-1-2-4-15(9)13-11(10)14(5-7-16)6-8-17;1-3-2/h2,4,16-17H,1,3,5-8,12H2;3H2,1-2H3. The minimum atomic E-state index is 0.0114. The van der Waals surface area contributed by atoms with Crippen molar-refractivity contribution in [1.82, 2.24) is 9.78 Å². The van der Waals surface area contributed by atoms with Crippen molar-refractivity contribution >= 4 is 17.7 Å². The molecular weight excluding hydrogens is 256 g/mol. The van der Waals surface area contributed by atoms with Crippen molar-refractivity contribution in [2.75, 3.05) is 36.9 Å². The van der Waals surface area contributed by atoms with Gasteiger partial charge in [-0.05, 0) is 12.8 Å². The summed E-state index contributed by atoms with van der Waals surface area (Å²) in [5.41, 5.74) is 7.72. The van der Waals surface area contributed by atoms with Gasteiger partial charge in [0.25, 0.3) is 0 Å². The van der Waals surface area contributed by atoms with E-state index in [1.54, 1.807) is 9.58 Å². The number of nitrogen functional groups attached to an aromatic ring is 1. The van der Waals surface area contributed by atoms with Gasteiger partial charge < -0.3 is 20.8 Å². The fourth-order valence-electron chi connectivity index (χ4n) is 2.03. The van der Waals surface area contributed by atoms with Crippen LogP contribution in [0.3, 0.4) is 0 Å². The molecule has 0 spiro atoms. The maximum atomic E-state index is 9.01. The predicted molar refractivity (Wildman–Crippen MR) is 82.6 cm³/mol. The van der Waals surface area contributed by atoms with Crippen LogP contribution in [0.2, 0.25) is 0 Å². The second kappa shape index (κ2) is 8.60. The van der Waals surface area contributed by atoms with Gasteiger partial charge in [-0.3, -0.25) is 0 Å². The summed E-state index contributed by atoms with van der Waals surface area (Å²) >= 11 is 0. The van der Waals surface area contributed by atoms with Crippen molar-refractivity contribution in [1.29, 1.82) is 0 Å². The van der Waals surface area contributed by atoms with Gasteiger partial charge in [0.1, 0.15) is 0 Å². The zero-order valence-corrected chi connectivity index (χ0v) is 12.4. The van der Waals surface area contributed by atoms with E-state index in [1.807, 2.05) is 12.3 Å². The Morgan fingerprint density at radius 3 is 2.40 bits per heavy atom. The molecule has 2 rings (SSSR count). The van der Waals surface area contributed by atoms with Crippen LogP contribution in [0.4, 0.5) is 11.5 Å². The van der Waals surface area contributed by atoms with Gasteiger partial charge in [0.15, 0.2) is 5.82 Å². The van der Waals surface area contributed by atoms with E-state index < -0.39 is 0 Å². The van der Waals surface area contributed by atoms with Gasteiger partial charge >= 0.3 is 0 Å². The van der Waals surface area contributed by atoms with Crippen molar-refractivity contribution in [3.8, 4) is 0 Å². The van der Waals surface area contributed by atoms with E-state index >= 15 is 0 Å². The molecule has 1 aromatic heterocycles. The normalized spacial score (nSPS) is 12.6. The fourth-order valence-corrected chi connectivity index (χ4v) is 2.03. The highest BCUT2D eigenvalue weighted by atomic mass is 16.3. The van der Waals surface area contributed by atoms with Crippen molar-refractivity contribution < 1.29 is 10.2 Å². The number of hydrogen-bond acceptors (Lipinski definition) is 5. The molecule has 0 bridgehead atoms. The number of aromatic nitrogens is 2. The summed E-state index contributed by atoms with van der Waals surface area (Å²) < 4.78 is 1.77. The highest BCUT2D eigenvalue weighted by Gasteiger charge is 2.19. The lowest BCUT2D eigenvalue weighted by Gasteiger charge is -2.20. The van der Waals surface area contributed by atoms with Gasteiger partial charge in [-0.2, -0.15) is 0 Å². The Morgan fingerprint density at radius 2 is 1.90 bits per heavy atom. The SMILES string of the molecule is CCC.Nc1c(N(CCO)CCO)nn2c1CCC=C2. The minimum Gasteiger partial charge on any atom is -0.395 e.